The molecule has 2 N–H and O–H groups in total. The number of allylic oxidation sites excluding steroid dienone is 1. The summed E-state index contributed by atoms with van der Waals surface area (Å²) >= 11 is 1.20. The average Bonchev–Trinajstić information content (AvgIpc) is 3.45. The van der Waals surface area contributed by atoms with E-state index < -0.39 is 12.6 Å². The van der Waals surface area contributed by atoms with Crippen molar-refractivity contribution in [3.63, 3.8) is 0 Å². The minimum Gasteiger partial charge on any atom is -0.359 e. The average molecular weight is 489 g/mol. The molecule has 0 radical (unpaired) electrons. The summed E-state index contributed by atoms with van der Waals surface area (Å²) < 4.78 is 38.6. The van der Waals surface area contributed by atoms with Crippen LogP contribution in [0.15, 0.2) is 45.2 Å². The van der Waals surface area contributed by atoms with E-state index in [9.17, 15) is 13.2 Å². The summed E-state index contributed by atoms with van der Waals surface area (Å²) in [5.74, 6) is 1.14. The van der Waals surface area contributed by atoms with Gasteiger partial charge in [0.2, 0.25) is 0 Å². The number of halogens is 3. The fraction of sp³-hybridized carbons (Fsp3) is 0.458. The number of rotatable bonds is 5. The molecule has 1 aliphatic carbocycles. The zero-order valence-electron chi connectivity index (χ0n) is 18.9. The normalized spacial score (nSPS) is 22.9. The molecule has 0 spiro atoms. The van der Waals surface area contributed by atoms with Crippen molar-refractivity contribution in [3.05, 3.63) is 46.5 Å². The van der Waals surface area contributed by atoms with E-state index in [0.717, 1.165) is 48.1 Å². The number of hydrogen-bond donors (Lipinski definition) is 2. The summed E-state index contributed by atoms with van der Waals surface area (Å²) in [5.41, 5.74) is 2.66. The molecule has 1 aromatic heterocycles. The topological polar surface area (TPSA) is 79.6 Å². The number of benzene rings is 1. The van der Waals surface area contributed by atoms with E-state index in [1.165, 1.54) is 24.2 Å². The van der Waals surface area contributed by atoms with E-state index in [1.807, 2.05) is 19.2 Å². The van der Waals surface area contributed by atoms with Crippen molar-refractivity contribution in [2.75, 3.05) is 19.3 Å². The quantitative estimate of drug-likeness (QED) is 0.621. The number of fused-ring (bicyclic) bond motifs is 1. The van der Waals surface area contributed by atoms with E-state index in [-0.39, 0.29) is 12.6 Å². The Morgan fingerprint density at radius 2 is 2.15 bits per heavy atom. The van der Waals surface area contributed by atoms with Gasteiger partial charge in [0.1, 0.15) is 23.9 Å². The number of nitrogens with zero attached hydrogens (tertiary/aromatic N) is 4. The molecule has 34 heavy (non-hydrogen) atoms. The molecular formula is C24H27F3N6S. The molecule has 2 atom stereocenters. The van der Waals surface area contributed by atoms with Crippen LogP contribution >= 0.6 is 11.8 Å². The summed E-state index contributed by atoms with van der Waals surface area (Å²) in [5, 5.41) is 13.7. The Kier molecular flexibility index (Phi) is 7.63. The van der Waals surface area contributed by atoms with E-state index in [2.05, 4.69) is 43.4 Å². The van der Waals surface area contributed by atoms with Gasteiger partial charge in [0.05, 0.1) is 18.7 Å². The van der Waals surface area contributed by atoms with Gasteiger partial charge in [-0.25, -0.2) is 4.99 Å². The number of alkyl halides is 3. The SMILES string of the molecule is CN(C1=NC=NC/C=C(/CC(F)(F)F)SC1)C1CCC(NCc2ccc3[nH]c(C#N)cc3c2)C1. The monoisotopic (exact) mass is 488 g/mol. The first kappa shape index (κ1) is 24.4. The molecule has 2 aliphatic rings. The van der Waals surface area contributed by atoms with Crippen LogP contribution in [-0.4, -0.2) is 59.7 Å². The van der Waals surface area contributed by atoms with Crippen LogP contribution in [0.2, 0.25) is 0 Å². The highest BCUT2D eigenvalue weighted by molar-refractivity contribution is 8.03. The first-order valence-corrected chi connectivity index (χ1v) is 12.2. The smallest absolute Gasteiger partial charge is 0.359 e. The highest BCUT2D eigenvalue weighted by Crippen LogP contribution is 2.32. The maximum Gasteiger partial charge on any atom is 0.393 e. The van der Waals surface area contributed by atoms with E-state index in [4.69, 9.17) is 5.26 Å². The van der Waals surface area contributed by atoms with Crippen LogP contribution in [0.3, 0.4) is 0 Å². The molecule has 0 bridgehead atoms. The predicted octanol–water partition coefficient (Wildman–Crippen LogP) is 4.99. The molecule has 1 aliphatic heterocycles. The van der Waals surface area contributed by atoms with Crippen LogP contribution in [0.1, 0.15) is 36.9 Å². The van der Waals surface area contributed by atoms with Crippen LogP contribution in [0.4, 0.5) is 13.2 Å². The molecule has 0 amide bonds. The largest absolute Gasteiger partial charge is 0.393 e. The number of aromatic nitrogens is 1. The summed E-state index contributed by atoms with van der Waals surface area (Å²) in [4.78, 5) is 14.0. The summed E-state index contributed by atoms with van der Waals surface area (Å²) in [6.07, 6.45) is 0.789. The van der Waals surface area contributed by atoms with Crippen molar-refractivity contribution in [1.82, 2.24) is 15.2 Å². The molecule has 1 aromatic carbocycles. The van der Waals surface area contributed by atoms with Crippen molar-refractivity contribution in [2.45, 2.75) is 50.5 Å². The minimum atomic E-state index is -4.23. The molecule has 2 heterocycles. The van der Waals surface area contributed by atoms with Crippen molar-refractivity contribution in [3.8, 4) is 6.07 Å². The van der Waals surface area contributed by atoms with E-state index in [1.54, 1.807) is 0 Å². The Morgan fingerprint density at radius 1 is 1.29 bits per heavy atom. The molecule has 10 heteroatoms. The van der Waals surface area contributed by atoms with Crippen LogP contribution < -0.4 is 5.32 Å². The molecule has 4 rings (SSSR count). The maximum absolute atomic E-state index is 12.9. The van der Waals surface area contributed by atoms with Gasteiger partial charge in [0.15, 0.2) is 0 Å². The van der Waals surface area contributed by atoms with E-state index in [0.29, 0.717) is 22.4 Å². The zero-order valence-corrected chi connectivity index (χ0v) is 19.7. The van der Waals surface area contributed by atoms with Gasteiger partial charge in [0, 0.05) is 36.6 Å². The maximum atomic E-state index is 12.9. The fourth-order valence-electron chi connectivity index (χ4n) is 4.40. The van der Waals surface area contributed by atoms with Crippen LogP contribution in [0.25, 0.3) is 10.9 Å². The molecular weight excluding hydrogens is 461 g/mol. The third kappa shape index (κ3) is 6.42. The summed E-state index contributed by atoms with van der Waals surface area (Å²) in [6.45, 7) is 0.944. The Bertz CT molecular complexity index is 1140. The molecule has 2 aromatic rings. The second-order valence-electron chi connectivity index (χ2n) is 8.65. The lowest BCUT2D eigenvalue weighted by Crippen LogP contribution is -2.38. The molecule has 6 nitrogen and oxygen atoms in total. The molecule has 180 valence electrons. The van der Waals surface area contributed by atoms with Gasteiger partial charge >= 0.3 is 6.18 Å². The van der Waals surface area contributed by atoms with Crippen molar-refractivity contribution in [1.29, 1.82) is 5.26 Å². The number of aliphatic imine (C=N–C) groups is 2. The minimum absolute atomic E-state index is 0.209. The molecule has 1 fully saturated rings. The predicted molar refractivity (Wildman–Crippen MR) is 131 cm³/mol. The number of nitrogens with one attached hydrogen (secondary N) is 2. The van der Waals surface area contributed by atoms with Crippen LogP contribution in [0, 0.1) is 11.3 Å². The van der Waals surface area contributed by atoms with E-state index >= 15 is 0 Å². The number of H-pyrrole nitrogens is 1. The Balaban J connectivity index is 1.31. The number of nitriles is 1. The summed E-state index contributed by atoms with van der Waals surface area (Å²) in [6, 6.07) is 10.7. The molecule has 1 saturated carbocycles. The standard InChI is InChI=1S/C24H27F3N6S/c1-33(23-14-34-21(11-24(25,26)27)6-7-29-15-31-23)20-4-3-18(10-20)30-13-16-2-5-22-17(8-16)9-19(12-28)32-22/h2,5-6,8-9,15,18,20,30,32H,3-4,7,10-11,13-14H2,1H3/b21-6-,29-15?,31-23?. The zero-order chi connectivity index (χ0) is 24.1. The van der Waals surface area contributed by atoms with Gasteiger partial charge in [-0.1, -0.05) is 12.1 Å². The van der Waals surface area contributed by atoms with Crippen LogP contribution in [0.5, 0.6) is 0 Å². The van der Waals surface area contributed by atoms with Crippen molar-refractivity contribution in [2.24, 2.45) is 9.98 Å². The molecule has 2 unspecified atom stereocenters. The lowest BCUT2D eigenvalue weighted by atomic mass is 10.1. The van der Waals surface area contributed by atoms with Gasteiger partial charge in [0.25, 0.3) is 0 Å². The number of amidine groups is 1. The van der Waals surface area contributed by atoms with Gasteiger partial charge < -0.3 is 15.2 Å². The lowest BCUT2D eigenvalue weighted by molar-refractivity contribution is -0.125. The van der Waals surface area contributed by atoms with Gasteiger partial charge in [-0.2, -0.15) is 18.4 Å². The van der Waals surface area contributed by atoms with Gasteiger partial charge in [-0.15, -0.1) is 11.8 Å². The van der Waals surface area contributed by atoms with Crippen molar-refractivity contribution >= 4 is 34.8 Å². The summed E-state index contributed by atoms with van der Waals surface area (Å²) in [7, 11) is 1.97. The number of thioether (sulfide) groups is 1. The highest BCUT2D eigenvalue weighted by Gasteiger charge is 2.31. The first-order chi connectivity index (χ1) is 16.3. The first-order valence-electron chi connectivity index (χ1n) is 11.2. The highest BCUT2D eigenvalue weighted by atomic mass is 32.2. The van der Waals surface area contributed by atoms with Crippen molar-refractivity contribution < 1.29 is 13.2 Å². The second kappa shape index (κ2) is 10.7. The lowest BCUT2D eigenvalue weighted by Gasteiger charge is -2.28. The Morgan fingerprint density at radius 3 is 2.94 bits per heavy atom. The second-order valence-corrected chi connectivity index (χ2v) is 9.75. The third-order valence-electron chi connectivity index (χ3n) is 6.23. The van der Waals surface area contributed by atoms with Gasteiger partial charge in [-0.05, 0) is 47.9 Å². The van der Waals surface area contributed by atoms with Crippen LogP contribution in [-0.2, 0) is 6.54 Å². The third-order valence-corrected chi connectivity index (χ3v) is 7.32. The Hall–Kier alpha value is -2.77. The number of hydrogen-bond acceptors (Lipinski definition) is 6. The van der Waals surface area contributed by atoms with Gasteiger partial charge in [-0.3, -0.25) is 4.99 Å². The Labute approximate surface area is 201 Å². The number of aromatic amines is 1. The fourth-order valence-corrected chi connectivity index (χ4v) is 5.45. The molecule has 0 saturated heterocycles.